The highest BCUT2D eigenvalue weighted by atomic mass is 35.5. The number of benzene rings is 3. The molecule has 42 heavy (non-hydrogen) atoms. The Labute approximate surface area is 247 Å². The van der Waals surface area contributed by atoms with E-state index in [1.54, 1.807) is 17.9 Å². The summed E-state index contributed by atoms with van der Waals surface area (Å²) in [7, 11) is 1.59. The number of imide groups is 1. The molecular weight excluding hydrogens is 562 g/mol. The van der Waals surface area contributed by atoms with Gasteiger partial charge < -0.3 is 9.64 Å². The third-order valence-corrected chi connectivity index (χ3v) is 8.80. The van der Waals surface area contributed by atoms with Crippen LogP contribution in [0.25, 0.3) is 10.9 Å². The van der Waals surface area contributed by atoms with Crippen molar-refractivity contribution in [1.29, 1.82) is 0 Å². The molecule has 1 unspecified atom stereocenters. The van der Waals surface area contributed by atoms with Crippen molar-refractivity contribution in [3.05, 3.63) is 88.1 Å². The van der Waals surface area contributed by atoms with Crippen molar-refractivity contribution in [3.8, 4) is 5.75 Å². The number of rotatable bonds is 6. The van der Waals surface area contributed by atoms with Crippen LogP contribution in [0, 0.1) is 18.6 Å². The number of aryl methyl sites for hydroxylation is 1. The van der Waals surface area contributed by atoms with E-state index in [-0.39, 0.29) is 35.7 Å². The van der Waals surface area contributed by atoms with Crippen molar-refractivity contribution in [3.63, 3.8) is 0 Å². The van der Waals surface area contributed by atoms with Crippen molar-refractivity contribution in [2.75, 3.05) is 25.1 Å². The number of amides is 2. The molecule has 2 amide bonds. The summed E-state index contributed by atoms with van der Waals surface area (Å²) in [4.78, 5) is 30.1. The van der Waals surface area contributed by atoms with Gasteiger partial charge in [0.2, 0.25) is 5.91 Å². The highest BCUT2D eigenvalue weighted by Gasteiger charge is 2.37. The minimum atomic E-state index is -0.995. The lowest BCUT2D eigenvalue weighted by Gasteiger charge is -2.34. The number of hydrogen-bond donors (Lipinski definition) is 0. The van der Waals surface area contributed by atoms with Crippen LogP contribution in [0.1, 0.15) is 54.5 Å². The topological polar surface area (TPSA) is 67.7 Å². The summed E-state index contributed by atoms with van der Waals surface area (Å²) in [5.41, 5.74) is 3.82. The van der Waals surface area contributed by atoms with Crippen LogP contribution in [-0.2, 0) is 16.1 Å². The van der Waals surface area contributed by atoms with Gasteiger partial charge >= 0.3 is 0 Å². The van der Waals surface area contributed by atoms with Crippen molar-refractivity contribution in [2.24, 2.45) is 0 Å². The first-order chi connectivity index (χ1) is 20.3. The maximum absolute atomic E-state index is 14.6. The van der Waals surface area contributed by atoms with Gasteiger partial charge in [0.15, 0.2) is 11.6 Å². The third-order valence-electron chi connectivity index (χ3n) is 8.51. The number of carbonyl (C=O) groups excluding carboxylic acids is 2. The van der Waals surface area contributed by atoms with E-state index < -0.39 is 17.7 Å². The molecular formula is C32H31ClF2N4O3. The molecule has 3 heterocycles. The molecule has 6 rings (SSSR count). The maximum atomic E-state index is 14.6. The number of likely N-dealkylation sites (tertiary alicyclic amines) is 1. The molecule has 1 aromatic heterocycles. The molecule has 0 radical (unpaired) electrons. The molecule has 0 aliphatic carbocycles. The zero-order valence-electron chi connectivity index (χ0n) is 23.4. The average Bonchev–Trinajstić information content (AvgIpc) is 3.34. The number of anilines is 1. The van der Waals surface area contributed by atoms with Crippen LogP contribution in [0.15, 0.2) is 54.6 Å². The van der Waals surface area contributed by atoms with Crippen molar-refractivity contribution < 1.29 is 23.1 Å². The summed E-state index contributed by atoms with van der Waals surface area (Å²) in [5.74, 6) is -1.72. The predicted molar refractivity (Wildman–Crippen MR) is 157 cm³/mol. The first kappa shape index (κ1) is 28.2. The fourth-order valence-corrected chi connectivity index (χ4v) is 6.42. The van der Waals surface area contributed by atoms with Crippen LogP contribution in [0.3, 0.4) is 0 Å². The van der Waals surface area contributed by atoms with Crippen LogP contribution in [0.5, 0.6) is 5.75 Å². The Bertz CT molecular complexity index is 1660. The fraction of sp³-hybridized carbons (Fsp3) is 0.344. The van der Waals surface area contributed by atoms with E-state index in [1.807, 2.05) is 49.4 Å². The van der Waals surface area contributed by atoms with Gasteiger partial charge in [-0.15, -0.1) is 0 Å². The summed E-state index contributed by atoms with van der Waals surface area (Å²) >= 11 is 5.75. The second-order valence-corrected chi connectivity index (χ2v) is 11.4. The molecule has 0 bridgehead atoms. The monoisotopic (exact) mass is 592 g/mol. The Morgan fingerprint density at radius 2 is 1.71 bits per heavy atom. The van der Waals surface area contributed by atoms with E-state index in [9.17, 15) is 18.4 Å². The molecule has 0 N–H and O–H groups in total. The van der Waals surface area contributed by atoms with Gasteiger partial charge in [-0.25, -0.2) is 8.78 Å². The molecule has 2 aliphatic heterocycles. The standard InChI is InChI=1S/C32H31ClF2N4O3/c1-19-29-25(37-16-14-21(15-17-37)23-10-11-24(33)31(35)30(23)34)4-3-5-26(29)39(36-19)27-12-13-28(40)38(32(27)41)18-20-6-8-22(42-2)9-7-20/h3-11,21,27H,12-18H2,1-2H3. The average molecular weight is 593 g/mol. The van der Waals surface area contributed by atoms with Crippen LogP contribution in [-0.4, -0.2) is 46.7 Å². The Morgan fingerprint density at radius 3 is 2.43 bits per heavy atom. The minimum Gasteiger partial charge on any atom is -0.497 e. The summed E-state index contributed by atoms with van der Waals surface area (Å²) < 4.78 is 35.7. The fourth-order valence-electron chi connectivity index (χ4n) is 6.27. The van der Waals surface area contributed by atoms with Crippen molar-refractivity contribution >= 4 is 40.0 Å². The first-order valence-corrected chi connectivity index (χ1v) is 14.5. The Kier molecular flexibility index (Phi) is 7.62. The van der Waals surface area contributed by atoms with Gasteiger partial charge in [0, 0.05) is 30.6 Å². The van der Waals surface area contributed by atoms with Crippen LogP contribution in [0.2, 0.25) is 5.02 Å². The van der Waals surface area contributed by atoms with Gasteiger partial charge in [-0.2, -0.15) is 5.10 Å². The number of nitrogens with zero attached hydrogens (tertiary/aromatic N) is 4. The van der Waals surface area contributed by atoms with Gasteiger partial charge in [0.25, 0.3) is 5.91 Å². The van der Waals surface area contributed by atoms with Gasteiger partial charge in [-0.05, 0) is 73.6 Å². The Balaban J connectivity index is 1.24. The number of hydrogen-bond acceptors (Lipinski definition) is 5. The van der Waals surface area contributed by atoms with E-state index in [0.717, 1.165) is 27.8 Å². The SMILES string of the molecule is COc1ccc(CN2C(=O)CCC(n3nc(C)c4c(N5CCC(c6ccc(Cl)c(F)c6F)CC5)cccc43)C2=O)cc1. The number of methoxy groups -OCH3 is 1. The summed E-state index contributed by atoms with van der Waals surface area (Å²) in [5, 5.41) is 5.55. The molecule has 2 aliphatic rings. The van der Waals surface area contributed by atoms with E-state index in [2.05, 4.69) is 4.90 Å². The molecule has 3 aromatic carbocycles. The number of piperidine rings is 2. The lowest BCUT2D eigenvalue weighted by Crippen LogP contribution is -2.45. The number of aromatic nitrogens is 2. The predicted octanol–water partition coefficient (Wildman–Crippen LogP) is 6.56. The zero-order chi connectivity index (χ0) is 29.5. The Hall–Kier alpha value is -3.98. The van der Waals surface area contributed by atoms with Crippen molar-refractivity contribution in [1.82, 2.24) is 14.7 Å². The molecule has 4 aromatic rings. The van der Waals surface area contributed by atoms with E-state index in [1.165, 1.54) is 11.0 Å². The molecule has 2 saturated heterocycles. The van der Waals surface area contributed by atoms with E-state index in [0.29, 0.717) is 43.7 Å². The maximum Gasteiger partial charge on any atom is 0.254 e. The molecule has 2 fully saturated rings. The zero-order valence-corrected chi connectivity index (χ0v) is 24.2. The molecule has 0 spiro atoms. The van der Waals surface area contributed by atoms with Gasteiger partial charge in [0.05, 0.1) is 29.9 Å². The smallest absolute Gasteiger partial charge is 0.254 e. The molecule has 218 valence electrons. The normalized spacial score (nSPS) is 18.3. The van der Waals surface area contributed by atoms with Gasteiger partial charge in [-0.1, -0.05) is 35.9 Å². The van der Waals surface area contributed by atoms with Crippen LogP contribution >= 0.6 is 11.6 Å². The molecule has 1 atom stereocenters. The first-order valence-electron chi connectivity index (χ1n) is 14.1. The number of halogens is 3. The summed E-state index contributed by atoms with van der Waals surface area (Å²) in [6.45, 7) is 3.43. The third kappa shape index (κ3) is 5.00. The van der Waals surface area contributed by atoms with Crippen LogP contribution < -0.4 is 9.64 Å². The number of fused-ring (bicyclic) bond motifs is 1. The highest BCUT2D eigenvalue weighted by molar-refractivity contribution is 6.30. The lowest BCUT2D eigenvalue weighted by molar-refractivity contribution is -0.152. The Morgan fingerprint density at radius 1 is 0.976 bits per heavy atom. The largest absolute Gasteiger partial charge is 0.497 e. The second-order valence-electron chi connectivity index (χ2n) is 10.9. The number of ether oxygens (including phenoxy) is 1. The minimum absolute atomic E-state index is 0.106. The molecule has 0 saturated carbocycles. The van der Waals surface area contributed by atoms with Gasteiger partial charge in [-0.3, -0.25) is 19.2 Å². The van der Waals surface area contributed by atoms with E-state index in [4.69, 9.17) is 21.4 Å². The summed E-state index contributed by atoms with van der Waals surface area (Å²) in [6, 6.07) is 15.7. The highest BCUT2D eigenvalue weighted by Crippen LogP contribution is 2.38. The lowest BCUT2D eigenvalue weighted by atomic mass is 9.88. The van der Waals surface area contributed by atoms with E-state index >= 15 is 0 Å². The molecule has 10 heteroatoms. The second kappa shape index (κ2) is 11.4. The van der Waals surface area contributed by atoms with Crippen LogP contribution in [0.4, 0.5) is 14.5 Å². The molecule has 7 nitrogen and oxygen atoms in total. The number of carbonyl (C=O) groups is 2. The van der Waals surface area contributed by atoms with Crippen molar-refractivity contribution in [2.45, 2.75) is 51.1 Å². The quantitative estimate of drug-likeness (QED) is 0.187. The van der Waals surface area contributed by atoms with Gasteiger partial charge in [0.1, 0.15) is 11.8 Å². The summed E-state index contributed by atoms with van der Waals surface area (Å²) in [6.07, 6.45) is 1.95.